The molecule has 5 N–H and O–H groups in total. The van der Waals surface area contributed by atoms with Crippen molar-refractivity contribution in [2.24, 2.45) is 5.73 Å². The molecule has 2 aromatic rings. The molecule has 0 saturated heterocycles. The summed E-state index contributed by atoms with van der Waals surface area (Å²) in [7, 11) is 0. The Bertz CT molecular complexity index is 652. The Morgan fingerprint density at radius 3 is 2.81 bits per heavy atom. The van der Waals surface area contributed by atoms with Crippen molar-refractivity contribution in [3.05, 3.63) is 40.3 Å². The summed E-state index contributed by atoms with van der Waals surface area (Å²) < 4.78 is 0. The molecular weight excluding hydrogens is 302 g/mol. The fourth-order valence-electron chi connectivity index (χ4n) is 2.12. The van der Waals surface area contributed by atoms with E-state index < -0.39 is 5.91 Å². The van der Waals surface area contributed by atoms with Gasteiger partial charge in [0.05, 0.1) is 10.6 Å². The van der Waals surface area contributed by atoms with Gasteiger partial charge in [0.2, 0.25) is 0 Å². The highest BCUT2D eigenvalue weighted by molar-refractivity contribution is 7.99. The van der Waals surface area contributed by atoms with Crippen LogP contribution in [0.4, 0.5) is 10.7 Å². The largest absolute Gasteiger partial charge is 0.396 e. The maximum Gasteiger partial charge on any atom is 0.261 e. The predicted molar refractivity (Wildman–Crippen MR) is 92.4 cm³/mol. The van der Waals surface area contributed by atoms with Gasteiger partial charge in [-0.05, 0) is 25.2 Å². The van der Waals surface area contributed by atoms with Crippen LogP contribution >= 0.6 is 23.1 Å². The van der Waals surface area contributed by atoms with Gasteiger partial charge in [-0.3, -0.25) is 4.79 Å². The van der Waals surface area contributed by atoms with Gasteiger partial charge in [0, 0.05) is 6.54 Å². The van der Waals surface area contributed by atoms with Gasteiger partial charge in [-0.1, -0.05) is 29.8 Å². The number of aryl methyl sites for hydroxylation is 1. The van der Waals surface area contributed by atoms with Crippen LogP contribution in [0.15, 0.2) is 29.2 Å². The van der Waals surface area contributed by atoms with Gasteiger partial charge in [-0.15, -0.1) is 23.1 Å². The lowest BCUT2D eigenvalue weighted by Gasteiger charge is -2.07. The Kier molecular flexibility index (Phi) is 5.14. The Labute approximate surface area is 132 Å². The molecule has 0 unspecified atom stereocenters. The quantitative estimate of drug-likeness (QED) is 0.714. The second kappa shape index (κ2) is 6.87. The minimum atomic E-state index is -0.473. The number of carbonyl (C=O) groups excluding carboxylic acids is 1. The van der Waals surface area contributed by atoms with Crippen LogP contribution in [-0.2, 0) is 6.42 Å². The number of rotatable bonds is 6. The van der Waals surface area contributed by atoms with Crippen molar-refractivity contribution in [3.63, 3.8) is 0 Å². The lowest BCUT2D eigenvalue weighted by molar-refractivity contribution is 0.100. The molecule has 0 bridgehead atoms. The maximum atomic E-state index is 11.4. The number of hydrogen-bond donors (Lipinski definition) is 3. The number of primary amides is 1. The van der Waals surface area contributed by atoms with Crippen LogP contribution in [0.25, 0.3) is 0 Å². The first-order chi connectivity index (χ1) is 10.0. The molecule has 1 aromatic carbocycles. The summed E-state index contributed by atoms with van der Waals surface area (Å²) in [5.41, 5.74) is 14.3. The molecular formula is C15H19N3OS2. The number of benzene rings is 1. The zero-order chi connectivity index (χ0) is 15.4. The molecule has 1 aromatic heterocycles. The molecule has 6 heteroatoms. The van der Waals surface area contributed by atoms with Crippen LogP contribution in [0.5, 0.6) is 0 Å². The zero-order valence-corrected chi connectivity index (χ0v) is 13.7. The number of carbonyl (C=O) groups is 1. The third-order valence-corrected chi connectivity index (χ3v) is 5.25. The fraction of sp³-hybridized carbons (Fsp3) is 0.267. The van der Waals surface area contributed by atoms with E-state index in [0.717, 1.165) is 22.9 Å². The number of hydrogen-bond acceptors (Lipinski definition) is 5. The summed E-state index contributed by atoms with van der Waals surface area (Å²) >= 11 is 2.85. The minimum absolute atomic E-state index is 0.428. The molecule has 0 atom stereocenters. The minimum Gasteiger partial charge on any atom is -0.396 e. The highest BCUT2D eigenvalue weighted by atomic mass is 32.2. The van der Waals surface area contributed by atoms with Crippen molar-refractivity contribution in [2.45, 2.75) is 18.2 Å². The monoisotopic (exact) mass is 321 g/mol. The first-order valence-electron chi connectivity index (χ1n) is 6.58. The molecule has 1 heterocycles. The SMILES string of the molecule is CSc1c(NCCc2cccc(C)c2)sc(C(N)=O)c1N. The van der Waals surface area contributed by atoms with Crippen molar-refractivity contribution in [2.75, 3.05) is 23.9 Å². The molecule has 112 valence electrons. The average molecular weight is 321 g/mol. The second-order valence-corrected chi connectivity index (χ2v) is 6.57. The number of amides is 1. The van der Waals surface area contributed by atoms with E-state index in [1.54, 1.807) is 0 Å². The molecule has 0 radical (unpaired) electrons. The highest BCUT2D eigenvalue weighted by Crippen LogP contribution is 2.41. The summed E-state index contributed by atoms with van der Waals surface area (Å²) in [5.74, 6) is -0.473. The summed E-state index contributed by atoms with van der Waals surface area (Å²) in [6.07, 6.45) is 2.86. The topological polar surface area (TPSA) is 81.1 Å². The predicted octanol–water partition coefficient (Wildman–Crippen LogP) is 3.11. The van der Waals surface area contributed by atoms with Crippen LogP contribution in [0.2, 0.25) is 0 Å². The van der Waals surface area contributed by atoms with Crippen LogP contribution < -0.4 is 16.8 Å². The Morgan fingerprint density at radius 2 is 2.19 bits per heavy atom. The standard InChI is InChI=1S/C15H19N3OS2/c1-9-4-3-5-10(8-9)6-7-18-15-13(20-2)11(16)12(21-15)14(17)19/h3-5,8,18H,6-7,16H2,1-2H3,(H2,17,19). The summed E-state index contributed by atoms with van der Waals surface area (Å²) in [4.78, 5) is 12.7. The Hall–Kier alpha value is -1.66. The first kappa shape index (κ1) is 15.7. The average Bonchev–Trinajstić information content (AvgIpc) is 2.75. The fourth-order valence-corrected chi connectivity index (χ4v) is 4.03. The number of nitrogens with two attached hydrogens (primary N) is 2. The number of nitrogen functional groups attached to an aromatic ring is 1. The lowest BCUT2D eigenvalue weighted by atomic mass is 10.1. The summed E-state index contributed by atoms with van der Waals surface area (Å²) in [5, 5.41) is 4.28. The van der Waals surface area contributed by atoms with Gasteiger partial charge in [0.15, 0.2) is 0 Å². The maximum absolute atomic E-state index is 11.4. The lowest BCUT2D eigenvalue weighted by Crippen LogP contribution is -2.10. The van der Waals surface area contributed by atoms with Gasteiger partial charge in [0.25, 0.3) is 5.91 Å². The van der Waals surface area contributed by atoms with Crippen LogP contribution in [0.3, 0.4) is 0 Å². The van der Waals surface area contributed by atoms with Gasteiger partial charge in [0.1, 0.15) is 9.88 Å². The number of nitrogens with one attached hydrogen (secondary N) is 1. The van der Waals surface area contributed by atoms with Crippen molar-refractivity contribution < 1.29 is 4.79 Å². The number of thiophene rings is 1. The Balaban J connectivity index is 2.06. The van der Waals surface area contributed by atoms with Crippen molar-refractivity contribution in [1.29, 1.82) is 0 Å². The van der Waals surface area contributed by atoms with Gasteiger partial charge in [-0.2, -0.15) is 0 Å². The van der Waals surface area contributed by atoms with Crippen molar-refractivity contribution >= 4 is 39.7 Å². The molecule has 0 saturated carbocycles. The van der Waals surface area contributed by atoms with Crippen LogP contribution in [0.1, 0.15) is 20.8 Å². The summed E-state index contributed by atoms with van der Waals surface area (Å²) in [6.45, 7) is 2.87. The molecule has 21 heavy (non-hydrogen) atoms. The Morgan fingerprint density at radius 1 is 1.43 bits per heavy atom. The third-order valence-electron chi connectivity index (χ3n) is 3.11. The van der Waals surface area contributed by atoms with Gasteiger partial charge in [-0.25, -0.2) is 0 Å². The smallest absolute Gasteiger partial charge is 0.261 e. The van der Waals surface area contributed by atoms with E-state index in [1.807, 2.05) is 6.26 Å². The van der Waals surface area contributed by atoms with E-state index in [9.17, 15) is 4.79 Å². The first-order valence-corrected chi connectivity index (χ1v) is 8.62. The normalized spacial score (nSPS) is 10.6. The molecule has 2 rings (SSSR count). The van der Waals surface area contributed by atoms with Crippen LogP contribution in [0, 0.1) is 6.92 Å². The van der Waals surface area contributed by atoms with E-state index in [0.29, 0.717) is 10.6 Å². The van der Waals surface area contributed by atoms with E-state index in [1.165, 1.54) is 34.2 Å². The third kappa shape index (κ3) is 3.71. The molecule has 0 aliphatic rings. The number of anilines is 2. The van der Waals surface area contributed by atoms with Gasteiger partial charge < -0.3 is 16.8 Å². The van der Waals surface area contributed by atoms with Crippen molar-refractivity contribution in [3.8, 4) is 0 Å². The zero-order valence-electron chi connectivity index (χ0n) is 12.1. The summed E-state index contributed by atoms with van der Waals surface area (Å²) in [6, 6.07) is 8.44. The van der Waals surface area contributed by atoms with Crippen molar-refractivity contribution in [1.82, 2.24) is 0 Å². The molecule has 0 spiro atoms. The molecule has 0 aliphatic heterocycles. The molecule has 0 fully saturated rings. The molecule has 4 nitrogen and oxygen atoms in total. The number of thioether (sulfide) groups is 1. The highest BCUT2D eigenvalue weighted by Gasteiger charge is 2.18. The van der Waals surface area contributed by atoms with Crippen LogP contribution in [-0.4, -0.2) is 18.7 Å². The second-order valence-electron chi connectivity index (χ2n) is 4.74. The van der Waals surface area contributed by atoms with E-state index in [2.05, 4.69) is 36.5 Å². The van der Waals surface area contributed by atoms with E-state index in [4.69, 9.17) is 11.5 Å². The molecule has 0 aliphatic carbocycles. The van der Waals surface area contributed by atoms with Gasteiger partial charge >= 0.3 is 0 Å². The van der Waals surface area contributed by atoms with E-state index in [-0.39, 0.29) is 0 Å². The van der Waals surface area contributed by atoms with E-state index >= 15 is 0 Å². The molecule has 1 amide bonds.